The van der Waals surface area contributed by atoms with E-state index in [4.69, 9.17) is 0 Å². The molecule has 1 amide bonds. The number of anilines is 2. The first kappa shape index (κ1) is 23.5. The number of carbonyl (C=O) groups excluding carboxylic acids is 1. The quantitative estimate of drug-likeness (QED) is 0.659. The SMILES string of the molecule is CN1CCN(c2ccc(S(=O)(=O)N3CCCCC3)cc2NC(=O)C=Cc2ccccc2)CC1. The van der Waals surface area contributed by atoms with Gasteiger partial charge in [-0.2, -0.15) is 4.31 Å². The van der Waals surface area contributed by atoms with E-state index in [9.17, 15) is 13.2 Å². The number of hydrogen-bond acceptors (Lipinski definition) is 5. The summed E-state index contributed by atoms with van der Waals surface area (Å²) < 4.78 is 28.0. The predicted molar refractivity (Wildman–Crippen MR) is 133 cm³/mol. The third-order valence-electron chi connectivity index (χ3n) is 6.25. The van der Waals surface area contributed by atoms with Crippen LogP contribution in [0.5, 0.6) is 0 Å². The van der Waals surface area contributed by atoms with Gasteiger partial charge in [-0.3, -0.25) is 4.79 Å². The fourth-order valence-corrected chi connectivity index (χ4v) is 5.81. The van der Waals surface area contributed by atoms with Crippen LogP contribution < -0.4 is 10.2 Å². The zero-order valence-electron chi connectivity index (χ0n) is 19.1. The van der Waals surface area contributed by atoms with E-state index in [1.165, 1.54) is 6.08 Å². The Morgan fingerprint density at radius 3 is 2.30 bits per heavy atom. The van der Waals surface area contributed by atoms with Crippen LogP contribution in [0.3, 0.4) is 0 Å². The van der Waals surface area contributed by atoms with E-state index in [0.29, 0.717) is 18.8 Å². The first-order valence-electron chi connectivity index (χ1n) is 11.6. The smallest absolute Gasteiger partial charge is 0.248 e. The molecule has 0 aromatic heterocycles. The lowest BCUT2D eigenvalue weighted by molar-refractivity contribution is -0.111. The zero-order valence-corrected chi connectivity index (χ0v) is 19.9. The summed E-state index contributed by atoms with van der Waals surface area (Å²) in [7, 11) is -1.51. The first-order chi connectivity index (χ1) is 15.9. The van der Waals surface area contributed by atoms with Gasteiger partial charge in [-0.05, 0) is 49.7 Å². The molecule has 4 rings (SSSR count). The van der Waals surface area contributed by atoms with Crippen molar-refractivity contribution < 1.29 is 13.2 Å². The average molecular weight is 469 g/mol. The molecule has 2 aromatic rings. The zero-order chi connectivity index (χ0) is 23.3. The van der Waals surface area contributed by atoms with Gasteiger partial charge >= 0.3 is 0 Å². The van der Waals surface area contributed by atoms with Crippen LogP contribution >= 0.6 is 0 Å². The number of rotatable bonds is 6. The van der Waals surface area contributed by atoms with Crippen molar-refractivity contribution >= 4 is 33.4 Å². The van der Waals surface area contributed by atoms with Crippen LogP contribution in [0.25, 0.3) is 6.08 Å². The minimum absolute atomic E-state index is 0.226. The van der Waals surface area contributed by atoms with Crippen molar-refractivity contribution in [2.75, 3.05) is 56.5 Å². The molecule has 0 bridgehead atoms. The molecular weight excluding hydrogens is 436 g/mol. The van der Waals surface area contributed by atoms with Gasteiger partial charge < -0.3 is 15.1 Å². The maximum Gasteiger partial charge on any atom is 0.248 e. The van der Waals surface area contributed by atoms with Crippen molar-refractivity contribution in [3.8, 4) is 0 Å². The molecule has 0 radical (unpaired) electrons. The number of likely N-dealkylation sites (N-methyl/N-ethyl adjacent to an activating group) is 1. The number of hydrogen-bond donors (Lipinski definition) is 1. The number of sulfonamides is 1. The third kappa shape index (κ3) is 5.82. The van der Waals surface area contributed by atoms with E-state index in [0.717, 1.165) is 56.7 Å². The summed E-state index contributed by atoms with van der Waals surface area (Å²) in [4.78, 5) is 17.4. The number of nitrogens with zero attached hydrogens (tertiary/aromatic N) is 3. The van der Waals surface area contributed by atoms with Crippen molar-refractivity contribution in [3.05, 3.63) is 60.2 Å². The highest BCUT2D eigenvalue weighted by atomic mass is 32.2. The van der Waals surface area contributed by atoms with Crippen LogP contribution in [-0.2, 0) is 14.8 Å². The maximum absolute atomic E-state index is 13.2. The summed E-state index contributed by atoms with van der Waals surface area (Å²) in [6.45, 7) is 4.55. The van der Waals surface area contributed by atoms with Crippen LogP contribution in [0, 0.1) is 0 Å². The number of carbonyl (C=O) groups is 1. The minimum Gasteiger partial charge on any atom is -0.367 e. The molecule has 2 aliphatic rings. The summed E-state index contributed by atoms with van der Waals surface area (Å²) in [6, 6.07) is 14.7. The molecule has 0 aliphatic carbocycles. The molecule has 7 nitrogen and oxygen atoms in total. The second kappa shape index (κ2) is 10.5. The number of piperidine rings is 1. The largest absolute Gasteiger partial charge is 0.367 e. The third-order valence-corrected chi connectivity index (χ3v) is 8.14. The molecule has 2 heterocycles. The topological polar surface area (TPSA) is 73.0 Å². The van der Waals surface area contributed by atoms with E-state index >= 15 is 0 Å². The van der Waals surface area contributed by atoms with E-state index in [2.05, 4.69) is 22.2 Å². The lowest BCUT2D eigenvalue weighted by atomic mass is 10.2. The van der Waals surface area contributed by atoms with Gasteiger partial charge in [0.05, 0.1) is 16.3 Å². The Morgan fingerprint density at radius 2 is 1.61 bits per heavy atom. The second-order valence-electron chi connectivity index (χ2n) is 8.67. The second-order valence-corrected chi connectivity index (χ2v) is 10.6. The Morgan fingerprint density at radius 1 is 0.909 bits per heavy atom. The number of amides is 1. The lowest BCUT2D eigenvalue weighted by Crippen LogP contribution is -2.44. The van der Waals surface area contributed by atoms with E-state index < -0.39 is 10.0 Å². The Labute approximate surface area is 196 Å². The lowest BCUT2D eigenvalue weighted by Gasteiger charge is -2.35. The number of nitrogens with one attached hydrogen (secondary N) is 1. The monoisotopic (exact) mass is 468 g/mol. The van der Waals surface area contributed by atoms with Crippen LogP contribution in [0.2, 0.25) is 0 Å². The highest BCUT2D eigenvalue weighted by molar-refractivity contribution is 7.89. The van der Waals surface area contributed by atoms with Gasteiger partial charge in [-0.1, -0.05) is 36.8 Å². The normalized spacial score (nSPS) is 18.5. The number of piperazine rings is 1. The molecule has 8 heteroatoms. The van der Waals surface area contributed by atoms with Gasteiger partial charge in [0.2, 0.25) is 15.9 Å². The van der Waals surface area contributed by atoms with Gasteiger partial charge in [-0.25, -0.2) is 8.42 Å². The van der Waals surface area contributed by atoms with Gasteiger partial charge in [0.1, 0.15) is 0 Å². The molecule has 0 unspecified atom stereocenters. The molecule has 2 saturated heterocycles. The molecule has 0 atom stereocenters. The highest BCUT2D eigenvalue weighted by Gasteiger charge is 2.27. The molecular formula is C25H32N4O3S. The molecule has 33 heavy (non-hydrogen) atoms. The van der Waals surface area contributed by atoms with Gasteiger partial charge in [-0.15, -0.1) is 0 Å². The van der Waals surface area contributed by atoms with Gasteiger partial charge in [0.15, 0.2) is 0 Å². The van der Waals surface area contributed by atoms with Gasteiger partial charge in [0, 0.05) is 45.3 Å². The van der Waals surface area contributed by atoms with Crippen molar-refractivity contribution in [2.45, 2.75) is 24.2 Å². The Bertz CT molecular complexity index is 1090. The maximum atomic E-state index is 13.2. The molecule has 0 spiro atoms. The van der Waals surface area contributed by atoms with E-state index in [1.54, 1.807) is 22.5 Å². The summed E-state index contributed by atoms with van der Waals surface area (Å²) in [5, 5.41) is 2.94. The van der Waals surface area contributed by atoms with Crippen LogP contribution in [0.4, 0.5) is 11.4 Å². The van der Waals surface area contributed by atoms with Gasteiger partial charge in [0.25, 0.3) is 0 Å². The summed E-state index contributed by atoms with van der Waals surface area (Å²) in [6.07, 6.45) is 6.05. The van der Waals surface area contributed by atoms with E-state index in [1.807, 2.05) is 36.4 Å². The summed E-state index contributed by atoms with van der Waals surface area (Å²) in [5.41, 5.74) is 2.30. The standard InChI is InChI=1S/C25H32N4O3S/c1-27-16-18-28(19-17-27)24-12-11-22(33(31,32)29-14-6-3-7-15-29)20-23(24)26-25(30)13-10-21-8-4-2-5-9-21/h2,4-5,8-13,20H,3,6-7,14-19H2,1H3,(H,26,30). The summed E-state index contributed by atoms with van der Waals surface area (Å²) >= 11 is 0. The Hall–Kier alpha value is -2.68. The molecule has 2 aromatic carbocycles. The predicted octanol–water partition coefficient (Wildman–Crippen LogP) is 3.26. The number of benzene rings is 2. The summed E-state index contributed by atoms with van der Waals surface area (Å²) in [5.74, 6) is -0.290. The Balaban J connectivity index is 1.61. The van der Waals surface area contributed by atoms with Crippen LogP contribution in [-0.4, -0.2) is 69.8 Å². The van der Waals surface area contributed by atoms with Crippen LogP contribution in [0.15, 0.2) is 59.5 Å². The minimum atomic E-state index is -3.59. The first-order valence-corrected chi connectivity index (χ1v) is 13.0. The van der Waals surface area contributed by atoms with Crippen LogP contribution in [0.1, 0.15) is 24.8 Å². The highest BCUT2D eigenvalue weighted by Crippen LogP contribution is 2.31. The van der Waals surface area contributed by atoms with Crippen molar-refractivity contribution in [3.63, 3.8) is 0 Å². The molecule has 2 aliphatic heterocycles. The van der Waals surface area contributed by atoms with Crippen molar-refractivity contribution in [1.82, 2.24) is 9.21 Å². The Kier molecular flexibility index (Phi) is 7.47. The molecule has 2 fully saturated rings. The fourth-order valence-electron chi connectivity index (χ4n) is 4.26. The molecule has 176 valence electrons. The fraction of sp³-hybridized carbons (Fsp3) is 0.400. The van der Waals surface area contributed by atoms with Crippen molar-refractivity contribution in [1.29, 1.82) is 0 Å². The average Bonchev–Trinajstić information content (AvgIpc) is 2.84. The van der Waals surface area contributed by atoms with E-state index in [-0.39, 0.29) is 10.8 Å². The molecule has 0 saturated carbocycles. The van der Waals surface area contributed by atoms with Crippen molar-refractivity contribution in [2.24, 2.45) is 0 Å². The molecule has 1 N–H and O–H groups in total.